The lowest BCUT2D eigenvalue weighted by molar-refractivity contribution is -0.132. The Labute approximate surface area is 113 Å². The summed E-state index contributed by atoms with van der Waals surface area (Å²) in [6.07, 6.45) is 8.55. The van der Waals surface area contributed by atoms with E-state index in [0.29, 0.717) is 5.25 Å². The van der Waals surface area contributed by atoms with E-state index in [-0.39, 0.29) is 11.9 Å². The summed E-state index contributed by atoms with van der Waals surface area (Å²) in [5, 5.41) is 0.592. The summed E-state index contributed by atoms with van der Waals surface area (Å²) in [4.78, 5) is 14.2. The zero-order valence-electron chi connectivity index (χ0n) is 10.9. The number of rotatable bonds is 5. The maximum atomic E-state index is 12.2. The average molecular weight is 276 g/mol. The van der Waals surface area contributed by atoms with Gasteiger partial charge in [-0.05, 0) is 37.5 Å². The molecule has 0 bridgehead atoms. The summed E-state index contributed by atoms with van der Waals surface area (Å²) in [6, 6.07) is -0.303. The second kappa shape index (κ2) is 8.27. The summed E-state index contributed by atoms with van der Waals surface area (Å²) < 4.78 is 0. The highest BCUT2D eigenvalue weighted by atomic mass is 32.2. The number of hydrogen-bond donors (Lipinski definition) is 1. The minimum absolute atomic E-state index is 0.153. The molecular formula is C12H24N2OS2. The third-order valence-corrected chi connectivity index (χ3v) is 4.92. The normalized spacial score (nSPS) is 23.2. The van der Waals surface area contributed by atoms with Gasteiger partial charge < -0.3 is 10.6 Å². The second-order valence-electron chi connectivity index (χ2n) is 4.53. The highest BCUT2D eigenvalue weighted by Gasteiger charge is 2.24. The zero-order chi connectivity index (χ0) is 12.7. The van der Waals surface area contributed by atoms with Crippen LogP contribution in [-0.2, 0) is 4.79 Å². The molecule has 1 amide bonds. The first-order chi connectivity index (χ1) is 8.19. The van der Waals surface area contributed by atoms with Crippen molar-refractivity contribution < 1.29 is 4.79 Å². The van der Waals surface area contributed by atoms with Crippen LogP contribution in [0.2, 0.25) is 0 Å². The van der Waals surface area contributed by atoms with Gasteiger partial charge in [-0.15, -0.1) is 0 Å². The van der Waals surface area contributed by atoms with E-state index in [1.807, 2.05) is 22.9 Å². The van der Waals surface area contributed by atoms with Crippen LogP contribution in [0.5, 0.6) is 0 Å². The Morgan fingerprint density at radius 2 is 2.24 bits per heavy atom. The highest BCUT2D eigenvalue weighted by molar-refractivity contribution is 7.99. The van der Waals surface area contributed by atoms with Crippen molar-refractivity contribution in [2.24, 2.45) is 5.73 Å². The first kappa shape index (κ1) is 15.2. The highest BCUT2D eigenvalue weighted by Crippen LogP contribution is 2.20. The molecule has 0 aliphatic carbocycles. The standard InChI is InChI=1S/C12H24N2OS2/c1-16-8-6-11(13)12(15)14-7-4-3-5-10(9-14)17-2/h10-11H,3-9,13H2,1-2H3. The molecule has 2 N–H and O–H groups in total. The first-order valence-corrected chi connectivity index (χ1v) is 8.93. The zero-order valence-corrected chi connectivity index (χ0v) is 12.5. The van der Waals surface area contributed by atoms with E-state index in [9.17, 15) is 4.79 Å². The van der Waals surface area contributed by atoms with E-state index in [4.69, 9.17) is 5.73 Å². The largest absolute Gasteiger partial charge is 0.340 e. The molecule has 1 aliphatic heterocycles. The van der Waals surface area contributed by atoms with Crippen LogP contribution in [0.1, 0.15) is 25.7 Å². The smallest absolute Gasteiger partial charge is 0.239 e. The topological polar surface area (TPSA) is 46.3 Å². The number of nitrogens with zero attached hydrogens (tertiary/aromatic N) is 1. The molecule has 5 heteroatoms. The molecule has 1 saturated heterocycles. The van der Waals surface area contributed by atoms with Gasteiger partial charge in [-0.3, -0.25) is 4.79 Å². The molecular weight excluding hydrogens is 252 g/mol. The van der Waals surface area contributed by atoms with E-state index in [1.165, 1.54) is 12.8 Å². The summed E-state index contributed by atoms with van der Waals surface area (Å²) in [6.45, 7) is 1.77. The van der Waals surface area contributed by atoms with Crippen molar-refractivity contribution in [1.29, 1.82) is 0 Å². The number of carbonyl (C=O) groups is 1. The van der Waals surface area contributed by atoms with Crippen molar-refractivity contribution in [3.63, 3.8) is 0 Å². The van der Waals surface area contributed by atoms with Crippen LogP contribution in [-0.4, -0.2) is 53.5 Å². The Morgan fingerprint density at radius 3 is 2.88 bits per heavy atom. The van der Waals surface area contributed by atoms with Gasteiger partial charge in [0.05, 0.1) is 6.04 Å². The third-order valence-electron chi connectivity index (χ3n) is 3.22. The van der Waals surface area contributed by atoms with Crippen molar-refractivity contribution in [3.8, 4) is 0 Å². The van der Waals surface area contributed by atoms with E-state index in [0.717, 1.165) is 31.7 Å². The van der Waals surface area contributed by atoms with Crippen molar-refractivity contribution in [2.75, 3.05) is 31.4 Å². The molecule has 0 saturated carbocycles. The Kier molecular flexibility index (Phi) is 7.39. The van der Waals surface area contributed by atoms with Gasteiger partial charge in [0, 0.05) is 18.3 Å². The molecule has 0 radical (unpaired) electrons. The van der Waals surface area contributed by atoms with Crippen molar-refractivity contribution in [2.45, 2.75) is 37.0 Å². The summed E-state index contributed by atoms with van der Waals surface area (Å²) in [5.74, 6) is 1.12. The van der Waals surface area contributed by atoms with Gasteiger partial charge in [0.25, 0.3) is 0 Å². The van der Waals surface area contributed by atoms with Gasteiger partial charge in [-0.2, -0.15) is 23.5 Å². The summed E-state index contributed by atoms with van der Waals surface area (Å²) >= 11 is 3.62. The lowest BCUT2D eigenvalue weighted by Crippen LogP contribution is -2.46. The number of carbonyl (C=O) groups excluding carboxylic acids is 1. The van der Waals surface area contributed by atoms with Crippen LogP contribution >= 0.6 is 23.5 Å². The Balaban J connectivity index is 2.48. The SMILES string of the molecule is CSCCC(N)C(=O)N1CCCCC(SC)C1. The fraction of sp³-hybridized carbons (Fsp3) is 0.917. The molecule has 100 valence electrons. The fourth-order valence-corrected chi connectivity index (χ4v) is 3.32. The van der Waals surface area contributed by atoms with Crippen LogP contribution < -0.4 is 5.73 Å². The van der Waals surface area contributed by atoms with Gasteiger partial charge in [-0.25, -0.2) is 0 Å². The van der Waals surface area contributed by atoms with Gasteiger partial charge in [-0.1, -0.05) is 6.42 Å². The van der Waals surface area contributed by atoms with Crippen molar-refractivity contribution in [3.05, 3.63) is 0 Å². The number of nitrogens with two attached hydrogens (primary N) is 1. The van der Waals surface area contributed by atoms with E-state index >= 15 is 0 Å². The Hall–Kier alpha value is 0.130. The fourth-order valence-electron chi connectivity index (χ4n) is 2.10. The maximum Gasteiger partial charge on any atom is 0.239 e. The molecule has 1 aliphatic rings. The minimum atomic E-state index is -0.303. The van der Waals surface area contributed by atoms with E-state index in [2.05, 4.69) is 6.26 Å². The lowest BCUT2D eigenvalue weighted by Gasteiger charge is -2.26. The predicted octanol–water partition coefficient (Wildman–Crippen LogP) is 1.81. The molecule has 1 rings (SSSR count). The van der Waals surface area contributed by atoms with E-state index in [1.54, 1.807) is 11.8 Å². The van der Waals surface area contributed by atoms with Crippen LogP contribution in [0.25, 0.3) is 0 Å². The van der Waals surface area contributed by atoms with Crippen LogP contribution in [0.4, 0.5) is 0 Å². The quantitative estimate of drug-likeness (QED) is 0.832. The number of amides is 1. The summed E-state index contributed by atoms with van der Waals surface area (Å²) in [5.41, 5.74) is 5.96. The molecule has 3 nitrogen and oxygen atoms in total. The lowest BCUT2D eigenvalue weighted by atomic mass is 10.2. The molecule has 17 heavy (non-hydrogen) atoms. The third kappa shape index (κ3) is 5.10. The molecule has 0 spiro atoms. The average Bonchev–Trinajstić information content (AvgIpc) is 2.60. The van der Waals surface area contributed by atoms with Gasteiger partial charge in [0.1, 0.15) is 0 Å². The predicted molar refractivity (Wildman–Crippen MR) is 78.7 cm³/mol. The Bertz CT molecular complexity index is 239. The molecule has 2 atom stereocenters. The number of thioether (sulfide) groups is 2. The van der Waals surface area contributed by atoms with Crippen molar-refractivity contribution >= 4 is 29.4 Å². The van der Waals surface area contributed by atoms with Crippen LogP contribution in [0.15, 0.2) is 0 Å². The van der Waals surface area contributed by atoms with Gasteiger partial charge >= 0.3 is 0 Å². The first-order valence-electron chi connectivity index (χ1n) is 6.25. The van der Waals surface area contributed by atoms with Crippen molar-refractivity contribution in [1.82, 2.24) is 4.90 Å². The summed E-state index contributed by atoms with van der Waals surface area (Å²) in [7, 11) is 0. The Morgan fingerprint density at radius 1 is 1.47 bits per heavy atom. The molecule has 2 unspecified atom stereocenters. The van der Waals surface area contributed by atoms with Crippen LogP contribution in [0.3, 0.4) is 0 Å². The number of hydrogen-bond acceptors (Lipinski definition) is 4. The maximum absolute atomic E-state index is 12.2. The molecule has 1 fully saturated rings. The van der Waals surface area contributed by atoms with Gasteiger partial charge in [0.15, 0.2) is 0 Å². The molecule has 0 aromatic heterocycles. The molecule has 0 aromatic carbocycles. The van der Waals surface area contributed by atoms with E-state index < -0.39 is 0 Å². The molecule has 1 heterocycles. The second-order valence-corrected chi connectivity index (χ2v) is 6.65. The molecule has 0 aromatic rings. The number of likely N-dealkylation sites (tertiary alicyclic amines) is 1. The minimum Gasteiger partial charge on any atom is -0.340 e. The van der Waals surface area contributed by atoms with Crippen LogP contribution in [0, 0.1) is 0 Å². The van der Waals surface area contributed by atoms with Gasteiger partial charge in [0.2, 0.25) is 5.91 Å². The monoisotopic (exact) mass is 276 g/mol.